The van der Waals surface area contributed by atoms with Crippen molar-refractivity contribution in [3.8, 4) is 0 Å². The van der Waals surface area contributed by atoms with Crippen molar-refractivity contribution in [2.75, 3.05) is 13.2 Å². The van der Waals surface area contributed by atoms with E-state index in [2.05, 4.69) is 12.7 Å². The predicted octanol–water partition coefficient (Wildman–Crippen LogP) is 2.58. The summed E-state index contributed by atoms with van der Waals surface area (Å²) in [6, 6.07) is 0. The fourth-order valence-electron chi connectivity index (χ4n) is 1.37. The number of esters is 1. The van der Waals surface area contributed by atoms with Crippen molar-refractivity contribution < 1.29 is 14.3 Å². The smallest absolute Gasteiger partial charge is 0.333 e. The lowest BCUT2D eigenvalue weighted by Gasteiger charge is -2.14. The van der Waals surface area contributed by atoms with Crippen LogP contribution in [0.15, 0.2) is 24.0 Å². The zero-order valence-electron chi connectivity index (χ0n) is 9.25. The molecule has 1 aliphatic rings. The second-order valence-corrected chi connectivity index (χ2v) is 3.68. The van der Waals surface area contributed by atoms with Gasteiger partial charge in [0.15, 0.2) is 0 Å². The Labute approximate surface area is 90.8 Å². The van der Waals surface area contributed by atoms with Gasteiger partial charge in [-0.3, -0.25) is 0 Å². The van der Waals surface area contributed by atoms with Crippen LogP contribution in [0.5, 0.6) is 0 Å². The van der Waals surface area contributed by atoms with Gasteiger partial charge in [-0.1, -0.05) is 6.58 Å². The van der Waals surface area contributed by atoms with Crippen LogP contribution in [0, 0.1) is 0 Å². The van der Waals surface area contributed by atoms with Gasteiger partial charge in [0.25, 0.3) is 0 Å². The highest BCUT2D eigenvalue weighted by atomic mass is 16.6. The Morgan fingerprint density at radius 3 is 2.87 bits per heavy atom. The first-order chi connectivity index (χ1) is 7.20. The van der Waals surface area contributed by atoms with E-state index < -0.39 is 0 Å². The molecule has 0 aliphatic heterocycles. The molecule has 1 aliphatic carbocycles. The zero-order chi connectivity index (χ0) is 11.1. The van der Waals surface area contributed by atoms with Crippen LogP contribution in [-0.2, 0) is 14.3 Å². The summed E-state index contributed by atoms with van der Waals surface area (Å²) in [5.74, 6) is 0.684. The maximum atomic E-state index is 11.0. The summed E-state index contributed by atoms with van der Waals surface area (Å²) in [6.45, 7) is 5.86. The van der Waals surface area contributed by atoms with Crippen molar-refractivity contribution in [3.63, 3.8) is 0 Å². The van der Waals surface area contributed by atoms with E-state index in [1.165, 1.54) is 12.8 Å². The molecule has 0 atom stereocenters. The van der Waals surface area contributed by atoms with Crippen molar-refractivity contribution >= 4 is 5.97 Å². The Hall–Kier alpha value is -1.25. The molecule has 0 aromatic carbocycles. The predicted molar refractivity (Wildman–Crippen MR) is 58.3 cm³/mol. The van der Waals surface area contributed by atoms with Gasteiger partial charge in [0.2, 0.25) is 0 Å². The highest BCUT2D eigenvalue weighted by Crippen LogP contribution is 2.17. The second kappa shape index (κ2) is 6.27. The van der Waals surface area contributed by atoms with E-state index >= 15 is 0 Å². The molecular weight excluding hydrogens is 192 g/mol. The Morgan fingerprint density at radius 1 is 1.47 bits per heavy atom. The van der Waals surface area contributed by atoms with Crippen LogP contribution in [0.3, 0.4) is 0 Å². The number of rotatable bonds is 5. The first-order valence-electron chi connectivity index (χ1n) is 5.34. The number of carbonyl (C=O) groups excluding carboxylic acids is 1. The van der Waals surface area contributed by atoms with Crippen molar-refractivity contribution in [2.45, 2.75) is 32.6 Å². The molecule has 0 amide bonds. The molecule has 0 saturated carbocycles. The SMILES string of the molecule is C=C(C)C(=O)OCCOC1=CCCCC1. The molecule has 84 valence electrons. The maximum absolute atomic E-state index is 11.0. The van der Waals surface area contributed by atoms with E-state index in [-0.39, 0.29) is 5.97 Å². The van der Waals surface area contributed by atoms with Gasteiger partial charge in [-0.05, 0) is 32.3 Å². The third-order valence-electron chi connectivity index (χ3n) is 2.20. The minimum atomic E-state index is -0.351. The van der Waals surface area contributed by atoms with E-state index in [0.717, 1.165) is 18.6 Å². The molecule has 3 nitrogen and oxygen atoms in total. The molecule has 0 aromatic rings. The molecule has 0 heterocycles. The highest BCUT2D eigenvalue weighted by Gasteiger charge is 2.05. The summed E-state index contributed by atoms with van der Waals surface area (Å²) >= 11 is 0. The third kappa shape index (κ3) is 4.68. The first-order valence-corrected chi connectivity index (χ1v) is 5.34. The van der Waals surface area contributed by atoms with Gasteiger partial charge in [-0.2, -0.15) is 0 Å². The molecule has 0 spiro atoms. The van der Waals surface area contributed by atoms with Gasteiger partial charge in [-0.25, -0.2) is 4.79 Å². The van der Waals surface area contributed by atoms with E-state index in [1.54, 1.807) is 6.92 Å². The summed E-state index contributed by atoms with van der Waals surface area (Å²) in [6.07, 6.45) is 6.66. The van der Waals surface area contributed by atoms with Crippen LogP contribution in [0.25, 0.3) is 0 Å². The van der Waals surface area contributed by atoms with Crippen LogP contribution in [0.4, 0.5) is 0 Å². The van der Waals surface area contributed by atoms with E-state index in [1.807, 2.05) is 0 Å². The molecule has 0 saturated heterocycles. The Morgan fingerprint density at radius 2 is 2.27 bits per heavy atom. The fraction of sp³-hybridized carbons (Fsp3) is 0.583. The van der Waals surface area contributed by atoms with Crippen molar-refractivity contribution in [2.24, 2.45) is 0 Å². The summed E-state index contributed by atoms with van der Waals surface area (Å²) < 4.78 is 10.4. The monoisotopic (exact) mass is 210 g/mol. The van der Waals surface area contributed by atoms with E-state index in [9.17, 15) is 4.79 Å². The third-order valence-corrected chi connectivity index (χ3v) is 2.20. The van der Waals surface area contributed by atoms with Crippen LogP contribution in [-0.4, -0.2) is 19.2 Å². The number of hydrogen-bond donors (Lipinski definition) is 0. The molecule has 0 aromatic heterocycles. The van der Waals surface area contributed by atoms with Crippen LogP contribution >= 0.6 is 0 Å². The zero-order valence-corrected chi connectivity index (χ0v) is 9.25. The van der Waals surface area contributed by atoms with Crippen molar-refractivity contribution in [1.29, 1.82) is 0 Å². The number of hydrogen-bond acceptors (Lipinski definition) is 3. The largest absolute Gasteiger partial charge is 0.495 e. The van der Waals surface area contributed by atoms with E-state index in [0.29, 0.717) is 18.8 Å². The maximum Gasteiger partial charge on any atom is 0.333 e. The molecular formula is C12H18O3. The molecule has 0 unspecified atom stereocenters. The lowest BCUT2D eigenvalue weighted by atomic mass is 10.1. The first kappa shape index (κ1) is 11.8. The minimum absolute atomic E-state index is 0.295. The summed E-state index contributed by atoms with van der Waals surface area (Å²) in [5.41, 5.74) is 0.423. The number of ether oxygens (including phenoxy) is 2. The quantitative estimate of drug-likeness (QED) is 0.397. The average molecular weight is 210 g/mol. The lowest BCUT2D eigenvalue weighted by Crippen LogP contribution is -2.11. The Kier molecular flexibility index (Phi) is 4.95. The number of carbonyl (C=O) groups is 1. The van der Waals surface area contributed by atoms with Gasteiger partial charge < -0.3 is 9.47 Å². The second-order valence-electron chi connectivity index (χ2n) is 3.68. The number of allylic oxidation sites excluding steroid dienone is 2. The molecule has 0 fully saturated rings. The molecule has 0 N–H and O–H groups in total. The van der Waals surface area contributed by atoms with E-state index in [4.69, 9.17) is 9.47 Å². The summed E-state index contributed by atoms with van der Waals surface area (Å²) in [4.78, 5) is 11.0. The van der Waals surface area contributed by atoms with Gasteiger partial charge in [0, 0.05) is 12.0 Å². The van der Waals surface area contributed by atoms with Gasteiger partial charge in [-0.15, -0.1) is 0 Å². The fourth-order valence-corrected chi connectivity index (χ4v) is 1.37. The van der Waals surface area contributed by atoms with Crippen LogP contribution in [0.2, 0.25) is 0 Å². The minimum Gasteiger partial charge on any atom is -0.495 e. The van der Waals surface area contributed by atoms with Crippen molar-refractivity contribution in [3.05, 3.63) is 24.0 Å². The van der Waals surface area contributed by atoms with Gasteiger partial charge in [0.05, 0.1) is 5.76 Å². The van der Waals surface area contributed by atoms with Crippen LogP contribution < -0.4 is 0 Å². The van der Waals surface area contributed by atoms with Crippen molar-refractivity contribution in [1.82, 2.24) is 0 Å². The molecule has 0 bridgehead atoms. The summed E-state index contributed by atoms with van der Waals surface area (Å²) in [5, 5.41) is 0. The summed E-state index contributed by atoms with van der Waals surface area (Å²) in [7, 11) is 0. The Bertz CT molecular complexity index is 266. The normalized spacial score (nSPS) is 15.4. The average Bonchev–Trinajstić information content (AvgIpc) is 2.25. The Balaban J connectivity index is 2.08. The van der Waals surface area contributed by atoms with Gasteiger partial charge >= 0.3 is 5.97 Å². The van der Waals surface area contributed by atoms with Crippen LogP contribution in [0.1, 0.15) is 32.6 Å². The molecule has 15 heavy (non-hydrogen) atoms. The molecule has 0 radical (unpaired) electrons. The topological polar surface area (TPSA) is 35.5 Å². The van der Waals surface area contributed by atoms with Gasteiger partial charge in [0.1, 0.15) is 13.2 Å². The highest BCUT2D eigenvalue weighted by molar-refractivity contribution is 5.86. The molecule has 1 rings (SSSR count). The standard InChI is InChI=1S/C12H18O3/c1-10(2)12(13)15-9-8-14-11-6-4-3-5-7-11/h6H,1,3-5,7-9H2,2H3. The molecule has 3 heteroatoms. The lowest BCUT2D eigenvalue weighted by molar-refractivity contribution is -0.140.